The first-order valence-corrected chi connectivity index (χ1v) is 11.5. The van der Waals surface area contributed by atoms with E-state index < -0.39 is 85.7 Å². The number of aliphatic hydroxyl groups is 4. The highest BCUT2D eigenvalue weighted by molar-refractivity contribution is 5.87. The lowest BCUT2D eigenvalue weighted by molar-refractivity contribution is -0.338. The number of methoxy groups -OCH3 is 2. The molecule has 2 fully saturated rings. The Balaban J connectivity index is 2.19. The number of carbonyl (C=O) groups is 3. The van der Waals surface area contributed by atoms with Crippen molar-refractivity contribution in [3.05, 3.63) is 12.2 Å². The number of rotatable bonds is 11. The van der Waals surface area contributed by atoms with Crippen LogP contribution in [0.3, 0.4) is 0 Å². The van der Waals surface area contributed by atoms with Gasteiger partial charge < -0.3 is 59.5 Å². The van der Waals surface area contributed by atoms with Gasteiger partial charge in [-0.05, 0) is 6.92 Å². The minimum Gasteiger partial charge on any atom is -0.460 e. The Morgan fingerprint density at radius 1 is 0.946 bits per heavy atom. The number of hydrogen-bond donors (Lipinski definition) is 6. The van der Waals surface area contributed by atoms with Gasteiger partial charge in [-0.3, -0.25) is 9.59 Å². The molecule has 0 aromatic carbocycles. The first kappa shape index (κ1) is 31.0. The smallest absolute Gasteiger partial charge is 0.333 e. The van der Waals surface area contributed by atoms with E-state index in [1.54, 1.807) is 0 Å². The molecule has 15 heteroatoms. The molecule has 0 spiro atoms. The van der Waals surface area contributed by atoms with Crippen LogP contribution in [0.2, 0.25) is 0 Å². The topological polar surface area (TPSA) is 212 Å². The Kier molecular flexibility index (Phi) is 11.8. The largest absolute Gasteiger partial charge is 0.460 e. The lowest BCUT2D eigenvalue weighted by Gasteiger charge is -2.47. The van der Waals surface area contributed by atoms with Gasteiger partial charge in [0, 0.05) is 26.7 Å². The van der Waals surface area contributed by atoms with Gasteiger partial charge in [0.1, 0.15) is 49.3 Å². The molecule has 0 aliphatic carbocycles. The van der Waals surface area contributed by atoms with Gasteiger partial charge >= 0.3 is 5.97 Å². The van der Waals surface area contributed by atoms with E-state index in [1.165, 1.54) is 28.1 Å². The van der Waals surface area contributed by atoms with Crippen molar-refractivity contribution < 1.29 is 63.2 Å². The fourth-order valence-electron chi connectivity index (χ4n) is 3.94. The second kappa shape index (κ2) is 14.1. The summed E-state index contributed by atoms with van der Waals surface area (Å²) in [6, 6.07) is -1.12. The number of aliphatic hydroxyl groups excluding tert-OH is 4. The molecule has 2 aliphatic heterocycles. The van der Waals surface area contributed by atoms with Crippen LogP contribution in [0.15, 0.2) is 12.2 Å². The SMILES string of the molecule is C=C(C)C(=O)OCCNC(=O)C1O[C@@H](O[C@@H]2C(NC(C)=O)[C@H](OC)OC(CO)[C@H]2O)C(O)[C@@H](O)[C@@H]1OC. The maximum absolute atomic E-state index is 12.8. The second-order valence-electron chi connectivity index (χ2n) is 8.59. The van der Waals surface area contributed by atoms with Gasteiger partial charge in [-0.25, -0.2) is 4.79 Å². The standard InChI is InChI=1S/C22H36N2O13/c1-9(2)20(31)34-7-6-23-19(30)18-17(32-4)14(28)15(29)22(37-18)36-16-12(24-10(3)26)21(33-5)35-11(8-25)13(16)27/h11-18,21-22,25,27-29H,1,6-8H2,2-5H3,(H,23,30)(H,24,26)/t11?,12?,13-,14-,15?,16-,17+,18?,21-,22-/m1/s1. The average Bonchev–Trinajstić information content (AvgIpc) is 2.85. The summed E-state index contributed by atoms with van der Waals surface area (Å²) >= 11 is 0. The van der Waals surface area contributed by atoms with Crippen LogP contribution in [0.1, 0.15) is 13.8 Å². The van der Waals surface area contributed by atoms with E-state index in [0.717, 1.165) is 0 Å². The molecule has 37 heavy (non-hydrogen) atoms. The number of ether oxygens (including phenoxy) is 6. The summed E-state index contributed by atoms with van der Waals surface area (Å²) in [6.45, 7) is 5.23. The minimum atomic E-state index is -1.74. The highest BCUT2D eigenvalue weighted by Gasteiger charge is 2.53. The molecular formula is C22H36N2O13. The summed E-state index contributed by atoms with van der Waals surface area (Å²) in [5.74, 6) is -1.93. The van der Waals surface area contributed by atoms with Crippen molar-refractivity contribution in [1.29, 1.82) is 0 Å². The van der Waals surface area contributed by atoms with Crippen molar-refractivity contribution >= 4 is 17.8 Å². The summed E-state index contributed by atoms with van der Waals surface area (Å²) in [5.41, 5.74) is 0.186. The van der Waals surface area contributed by atoms with Gasteiger partial charge in [-0.1, -0.05) is 6.58 Å². The van der Waals surface area contributed by atoms with Crippen LogP contribution in [0.4, 0.5) is 0 Å². The molecule has 0 aromatic rings. The molecule has 10 atom stereocenters. The summed E-state index contributed by atoms with van der Waals surface area (Å²) in [7, 11) is 2.47. The molecule has 212 valence electrons. The molecule has 2 rings (SSSR count). The Bertz CT molecular complexity index is 811. The highest BCUT2D eigenvalue weighted by Crippen LogP contribution is 2.30. The summed E-state index contributed by atoms with van der Waals surface area (Å²) in [6.07, 6.45) is -13.1. The Morgan fingerprint density at radius 2 is 1.62 bits per heavy atom. The number of carbonyl (C=O) groups excluding carboxylic acids is 3. The van der Waals surface area contributed by atoms with Crippen LogP contribution < -0.4 is 10.6 Å². The van der Waals surface area contributed by atoms with E-state index in [-0.39, 0.29) is 18.7 Å². The second-order valence-corrected chi connectivity index (χ2v) is 8.59. The van der Waals surface area contributed by atoms with E-state index in [9.17, 15) is 34.8 Å². The maximum atomic E-state index is 12.8. The maximum Gasteiger partial charge on any atom is 0.333 e. The Morgan fingerprint density at radius 3 is 2.16 bits per heavy atom. The Labute approximate surface area is 213 Å². The monoisotopic (exact) mass is 536 g/mol. The zero-order chi connectivity index (χ0) is 27.9. The van der Waals surface area contributed by atoms with Crippen molar-refractivity contribution in [3.63, 3.8) is 0 Å². The fourth-order valence-corrected chi connectivity index (χ4v) is 3.94. The van der Waals surface area contributed by atoms with Gasteiger partial charge in [-0.2, -0.15) is 0 Å². The normalized spacial score (nSPS) is 35.9. The molecule has 0 bridgehead atoms. The molecule has 2 amide bonds. The zero-order valence-electron chi connectivity index (χ0n) is 21.1. The third kappa shape index (κ3) is 7.66. The predicted octanol–water partition coefficient (Wildman–Crippen LogP) is -3.70. The van der Waals surface area contributed by atoms with Crippen LogP contribution in [-0.4, -0.2) is 134 Å². The highest BCUT2D eigenvalue weighted by atomic mass is 16.7. The van der Waals surface area contributed by atoms with Crippen molar-refractivity contribution in [2.75, 3.05) is 34.0 Å². The lowest BCUT2D eigenvalue weighted by atomic mass is 9.95. The van der Waals surface area contributed by atoms with Crippen LogP contribution in [-0.2, 0) is 42.8 Å². The van der Waals surface area contributed by atoms with Crippen LogP contribution >= 0.6 is 0 Å². The summed E-state index contributed by atoms with van der Waals surface area (Å²) in [5, 5.41) is 46.6. The molecule has 15 nitrogen and oxygen atoms in total. The van der Waals surface area contributed by atoms with Gasteiger partial charge in [0.05, 0.1) is 13.2 Å². The van der Waals surface area contributed by atoms with Crippen molar-refractivity contribution in [2.24, 2.45) is 0 Å². The summed E-state index contributed by atoms with van der Waals surface area (Å²) < 4.78 is 32.2. The zero-order valence-corrected chi connectivity index (χ0v) is 21.1. The van der Waals surface area contributed by atoms with E-state index in [1.807, 2.05) is 0 Å². The van der Waals surface area contributed by atoms with E-state index in [4.69, 9.17) is 28.4 Å². The van der Waals surface area contributed by atoms with Gasteiger partial charge in [0.25, 0.3) is 5.91 Å². The third-order valence-corrected chi connectivity index (χ3v) is 5.81. The quantitative estimate of drug-likeness (QED) is 0.0854. The first-order chi connectivity index (χ1) is 17.5. The fraction of sp³-hybridized carbons (Fsp3) is 0.773. The van der Waals surface area contributed by atoms with Crippen molar-refractivity contribution in [3.8, 4) is 0 Å². The molecule has 0 saturated carbocycles. The van der Waals surface area contributed by atoms with Crippen LogP contribution in [0.5, 0.6) is 0 Å². The molecule has 0 radical (unpaired) electrons. The predicted molar refractivity (Wildman–Crippen MR) is 121 cm³/mol. The minimum absolute atomic E-state index is 0.102. The molecule has 0 aromatic heterocycles. The number of hydrogen-bond acceptors (Lipinski definition) is 13. The number of nitrogens with one attached hydrogen (secondary N) is 2. The van der Waals surface area contributed by atoms with Crippen LogP contribution in [0.25, 0.3) is 0 Å². The van der Waals surface area contributed by atoms with Crippen LogP contribution in [0, 0.1) is 0 Å². The number of amides is 2. The molecule has 2 heterocycles. The molecule has 4 unspecified atom stereocenters. The lowest BCUT2D eigenvalue weighted by Crippen LogP contribution is -2.68. The molecule has 2 saturated heterocycles. The first-order valence-electron chi connectivity index (χ1n) is 11.5. The van der Waals surface area contributed by atoms with E-state index >= 15 is 0 Å². The Hall–Kier alpha value is -2.21. The molecule has 2 aliphatic rings. The number of esters is 1. The van der Waals surface area contributed by atoms with Gasteiger partial charge in [0.2, 0.25) is 5.91 Å². The molecular weight excluding hydrogens is 500 g/mol. The third-order valence-electron chi connectivity index (χ3n) is 5.81. The van der Waals surface area contributed by atoms with Gasteiger partial charge in [-0.15, -0.1) is 0 Å². The molecule has 6 N–H and O–H groups in total. The average molecular weight is 537 g/mol. The van der Waals surface area contributed by atoms with Gasteiger partial charge in [0.15, 0.2) is 18.7 Å². The van der Waals surface area contributed by atoms with E-state index in [0.29, 0.717) is 0 Å². The van der Waals surface area contributed by atoms with Crippen molar-refractivity contribution in [1.82, 2.24) is 10.6 Å². The van der Waals surface area contributed by atoms with Crippen molar-refractivity contribution in [2.45, 2.75) is 75.2 Å². The summed E-state index contributed by atoms with van der Waals surface area (Å²) in [4.78, 5) is 36.1. The van der Waals surface area contributed by atoms with E-state index in [2.05, 4.69) is 17.2 Å².